The van der Waals surface area contributed by atoms with Crippen LogP contribution in [0.25, 0.3) is 0 Å². The molecule has 0 saturated heterocycles. The molecule has 0 radical (unpaired) electrons. The molecule has 5 nitrogen and oxygen atoms in total. The van der Waals surface area contributed by atoms with Crippen LogP contribution in [0.3, 0.4) is 0 Å². The second-order valence-corrected chi connectivity index (χ2v) is 5.10. The summed E-state index contributed by atoms with van der Waals surface area (Å²) in [5, 5.41) is 14.8. The van der Waals surface area contributed by atoms with Gasteiger partial charge < -0.3 is 16.3 Å². The molecule has 0 saturated carbocycles. The number of rotatable bonds is 5. The van der Waals surface area contributed by atoms with Crippen molar-refractivity contribution in [2.75, 3.05) is 5.32 Å². The molecule has 110 valence electrons. The van der Waals surface area contributed by atoms with Gasteiger partial charge in [-0.05, 0) is 49.9 Å². The summed E-state index contributed by atoms with van der Waals surface area (Å²) in [7, 11) is 0. The number of amidine groups is 1. The average molecular weight is 277 g/mol. The number of nitrogens with two attached hydrogens (primary N) is 1. The van der Waals surface area contributed by atoms with E-state index in [1.54, 1.807) is 0 Å². The van der Waals surface area contributed by atoms with Gasteiger partial charge in [0.25, 0.3) is 0 Å². The molecule has 0 unspecified atom stereocenters. The van der Waals surface area contributed by atoms with Gasteiger partial charge >= 0.3 is 0 Å². The number of anilines is 1. The van der Waals surface area contributed by atoms with Crippen molar-refractivity contribution in [2.24, 2.45) is 16.3 Å². The fourth-order valence-corrected chi connectivity index (χ4v) is 2.44. The number of carbonyl (C=O) groups is 1. The highest BCUT2D eigenvalue weighted by Gasteiger charge is 2.39. The third-order valence-corrected chi connectivity index (χ3v) is 3.72. The maximum absolute atomic E-state index is 12.5. The molecule has 0 aliphatic heterocycles. The van der Waals surface area contributed by atoms with Crippen LogP contribution in [0.4, 0.5) is 5.69 Å². The van der Waals surface area contributed by atoms with Crippen LogP contribution < -0.4 is 11.1 Å². The van der Waals surface area contributed by atoms with Crippen LogP contribution in [0.1, 0.15) is 37.8 Å². The van der Waals surface area contributed by atoms with Gasteiger partial charge in [-0.15, -0.1) is 0 Å². The Morgan fingerprint density at radius 1 is 1.25 bits per heavy atom. The van der Waals surface area contributed by atoms with Crippen LogP contribution in [0.2, 0.25) is 0 Å². The number of hydrogen-bond acceptors (Lipinski definition) is 3. The van der Waals surface area contributed by atoms with Crippen molar-refractivity contribution in [1.82, 2.24) is 0 Å². The van der Waals surface area contributed by atoms with E-state index in [1.807, 2.05) is 45.9 Å². The van der Waals surface area contributed by atoms with Crippen molar-refractivity contribution in [3.8, 4) is 0 Å². The van der Waals surface area contributed by atoms with Crippen LogP contribution in [0, 0.1) is 19.3 Å². The zero-order chi connectivity index (χ0) is 15.3. The standard InChI is InChI=1S/C15H23N3O2/c1-5-15(6-2,13(16)18-20)14(19)17-12-8-10(3)7-11(4)9-12/h7-9,20H,5-6H2,1-4H3,(H2,16,18)(H,17,19). The van der Waals surface area contributed by atoms with E-state index in [9.17, 15) is 4.79 Å². The molecule has 0 spiro atoms. The van der Waals surface area contributed by atoms with Gasteiger partial charge in [-0.1, -0.05) is 25.1 Å². The van der Waals surface area contributed by atoms with Gasteiger partial charge in [0.15, 0.2) is 5.84 Å². The molecule has 0 heterocycles. The van der Waals surface area contributed by atoms with Gasteiger partial charge in [-0.25, -0.2) is 0 Å². The van der Waals surface area contributed by atoms with E-state index in [1.165, 1.54) is 0 Å². The number of benzene rings is 1. The van der Waals surface area contributed by atoms with Crippen molar-refractivity contribution >= 4 is 17.4 Å². The molecule has 1 amide bonds. The molecule has 0 fully saturated rings. The minimum absolute atomic E-state index is 0.0515. The van der Waals surface area contributed by atoms with Gasteiger partial charge in [-0.3, -0.25) is 4.79 Å². The van der Waals surface area contributed by atoms with E-state index in [0.717, 1.165) is 16.8 Å². The van der Waals surface area contributed by atoms with Gasteiger partial charge in [0.2, 0.25) is 5.91 Å². The van der Waals surface area contributed by atoms with E-state index in [2.05, 4.69) is 10.5 Å². The summed E-state index contributed by atoms with van der Waals surface area (Å²) in [5.41, 5.74) is 7.62. The Morgan fingerprint density at radius 2 is 1.75 bits per heavy atom. The van der Waals surface area contributed by atoms with Crippen molar-refractivity contribution in [2.45, 2.75) is 40.5 Å². The number of amides is 1. The first kappa shape index (κ1) is 16.0. The molecule has 0 aromatic heterocycles. The number of nitrogens with zero attached hydrogens (tertiary/aromatic N) is 1. The van der Waals surface area contributed by atoms with Gasteiger partial charge in [0.05, 0.1) is 0 Å². The number of oxime groups is 1. The van der Waals surface area contributed by atoms with Crippen LogP contribution in [-0.4, -0.2) is 17.0 Å². The Morgan fingerprint density at radius 3 is 2.15 bits per heavy atom. The third kappa shape index (κ3) is 3.10. The van der Waals surface area contributed by atoms with Crippen molar-refractivity contribution in [1.29, 1.82) is 0 Å². The predicted molar refractivity (Wildman–Crippen MR) is 81.0 cm³/mol. The Kier molecular flexibility index (Phi) is 5.13. The van der Waals surface area contributed by atoms with E-state index in [-0.39, 0.29) is 11.7 Å². The van der Waals surface area contributed by atoms with Crippen molar-refractivity contribution < 1.29 is 10.0 Å². The molecule has 1 aromatic carbocycles. The van der Waals surface area contributed by atoms with Crippen molar-refractivity contribution in [3.05, 3.63) is 29.3 Å². The quantitative estimate of drug-likeness (QED) is 0.335. The highest BCUT2D eigenvalue weighted by molar-refractivity contribution is 6.11. The Balaban J connectivity index is 3.09. The van der Waals surface area contributed by atoms with Crippen LogP contribution in [-0.2, 0) is 4.79 Å². The van der Waals surface area contributed by atoms with E-state index in [4.69, 9.17) is 10.9 Å². The summed E-state index contributed by atoms with van der Waals surface area (Å²) in [6.45, 7) is 7.64. The van der Waals surface area contributed by atoms with Crippen LogP contribution >= 0.6 is 0 Å². The van der Waals surface area contributed by atoms with E-state index < -0.39 is 5.41 Å². The minimum atomic E-state index is -0.980. The first-order valence-electron chi connectivity index (χ1n) is 6.77. The molecule has 20 heavy (non-hydrogen) atoms. The Bertz CT molecular complexity index is 500. The Labute approximate surface area is 119 Å². The molecule has 0 aliphatic carbocycles. The fourth-order valence-electron chi connectivity index (χ4n) is 2.44. The second-order valence-electron chi connectivity index (χ2n) is 5.10. The molecule has 0 bridgehead atoms. The number of nitrogens with one attached hydrogen (secondary N) is 1. The highest BCUT2D eigenvalue weighted by Crippen LogP contribution is 2.29. The SMILES string of the molecule is CCC(CC)(C(=O)Nc1cc(C)cc(C)c1)C(N)=NO. The molecule has 0 aliphatic rings. The lowest BCUT2D eigenvalue weighted by molar-refractivity contribution is -0.122. The summed E-state index contributed by atoms with van der Waals surface area (Å²) in [6, 6.07) is 5.83. The lowest BCUT2D eigenvalue weighted by atomic mass is 9.80. The monoisotopic (exact) mass is 277 g/mol. The maximum Gasteiger partial charge on any atom is 0.238 e. The summed E-state index contributed by atoms with van der Waals surface area (Å²) in [4.78, 5) is 12.5. The first-order valence-corrected chi connectivity index (χ1v) is 6.77. The summed E-state index contributed by atoms with van der Waals surface area (Å²) < 4.78 is 0. The third-order valence-electron chi connectivity index (χ3n) is 3.72. The maximum atomic E-state index is 12.5. The molecule has 1 rings (SSSR count). The fraction of sp³-hybridized carbons (Fsp3) is 0.467. The van der Waals surface area contributed by atoms with Gasteiger partial charge in [0.1, 0.15) is 5.41 Å². The minimum Gasteiger partial charge on any atom is -0.409 e. The predicted octanol–water partition coefficient (Wildman–Crippen LogP) is 2.79. The lowest BCUT2D eigenvalue weighted by Crippen LogP contribution is -2.46. The summed E-state index contributed by atoms with van der Waals surface area (Å²) in [5.74, 6) is -0.299. The molecule has 5 heteroatoms. The average Bonchev–Trinajstić information content (AvgIpc) is 2.39. The molecule has 0 atom stereocenters. The van der Waals surface area contributed by atoms with Gasteiger partial charge in [-0.2, -0.15) is 0 Å². The van der Waals surface area contributed by atoms with E-state index >= 15 is 0 Å². The molecular formula is C15H23N3O2. The van der Waals surface area contributed by atoms with Crippen molar-refractivity contribution in [3.63, 3.8) is 0 Å². The summed E-state index contributed by atoms with van der Waals surface area (Å²) in [6.07, 6.45) is 0.937. The zero-order valence-electron chi connectivity index (χ0n) is 12.5. The first-order chi connectivity index (χ1) is 9.39. The molecular weight excluding hydrogens is 254 g/mol. The highest BCUT2D eigenvalue weighted by atomic mass is 16.4. The van der Waals surface area contributed by atoms with Crippen LogP contribution in [0.15, 0.2) is 23.4 Å². The summed E-state index contributed by atoms with van der Waals surface area (Å²) >= 11 is 0. The zero-order valence-corrected chi connectivity index (χ0v) is 12.5. The lowest BCUT2D eigenvalue weighted by Gasteiger charge is -2.28. The van der Waals surface area contributed by atoms with Crippen LogP contribution in [0.5, 0.6) is 0 Å². The number of aryl methyl sites for hydroxylation is 2. The molecule has 4 N–H and O–H groups in total. The molecule has 1 aromatic rings. The number of carbonyl (C=O) groups excluding carboxylic acids is 1. The smallest absolute Gasteiger partial charge is 0.238 e. The second kappa shape index (κ2) is 6.41. The number of hydrogen-bond donors (Lipinski definition) is 3. The largest absolute Gasteiger partial charge is 0.409 e. The van der Waals surface area contributed by atoms with Gasteiger partial charge in [0, 0.05) is 5.69 Å². The van der Waals surface area contributed by atoms with E-state index in [0.29, 0.717) is 12.8 Å². The topological polar surface area (TPSA) is 87.7 Å². The Hall–Kier alpha value is -2.04. The normalized spacial score (nSPS) is 12.3.